The van der Waals surface area contributed by atoms with Gasteiger partial charge in [-0.15, -0.1) is 0 Å². The molecule has 0 aromatic heterocycles. The van der Waals surface area contributed by atoms with Crippen molar-refractivity contribution in [1.82, 2.24) is 5.32 Å². The lowest BCUT2D eigenvalue weighted by Crippen LogP contribution is -2.40. The molecule has 164 valence electrons. The van der Waals surface area contributed by atoms with Crippen LogP contribution in [0, 0.1) is 0 Å². The number of hydrogen-bond donors (Lipinski definition) is 1. The molecule has 0 saturated carbocycles. The second-order valence-corrected chi connectivity index (χ2v) is 8.42. The number of amides is 2. The minimum atomic E-state index is -0.0637. The van der Waals surface area contributed by atoms with E-state index in [0.717, 1.165) is 48.6 Å². The molecule has 0 bridgehead atoms. The van der Waals surface area contributed by atoms with Crippen LogP contribution in [0.25, 0.3) is 11.1 Å². The Bertz CT molecular complexity index is 948. The first kappa shape index (κ1) is 21.4. The normalized spacial score (nSPS) is 16.8. The molecule has 2 aliphatic heterocycles. The molecule has 6 nitrogen and oxygen atoms in total. The third-order valence-electron chi connectivity index (χ3n) is 6.44. The molecule has 0 atom stereocenters. The van der Waals surface area contributed by atoms with Crippen LogP contribution in [0.1, 0.15) is 38.2 Å². The number of carbonyl (C=O) groups excluding carboxylic acids is 2. The highest BCUT2D eigenvalue weighted by Crippen LogP contribution is 2.48. The molecule has 1 saturated heterocycles. The average Bonchev–Trinajstić information content (AvgIpc) is 3.10. The molecule has 2 amide bonds. The van der Waals surface area contributed by atoms with Gasteiger partial charge in [0.15, 0.2) is 0 Å². The van der Waals surface area contributed by atoms with Crippen molar-refractivity contribution in [2.24, 2.45) is 0 Å². The number of ether oxygens (including phenoxy) is 2. The number of carbonyl (C=O) groups is 2. The van der Waals surface area contributed by atoms with Crippen LogP contribution in [-0.2, 0) is 19.7 Å². The highest BCUT2D eigenvalue weighted by molar-refractivity contribution is 5.97. The zero-order valence-corrected chi connectivity index (χ0v) is 18.3. The molecule has 2 aliphatic rings. The first-order valence-corrected chi connectivity index (χ1v) is 10.9. The van der Waals surface area contributed by atoms with Crippen molar-refractivity contribution in [3.8, 4) is 16.9 Å². The van der Waals surface area contributed by atoms with Gasteiger partial charge < -0.3 is 19.7 Å². The number of nitrogens with one attached hydrogen (secondary N) is 1. The molecular weight excluding hydrogens is 392 g/mol. The standard InChI is InChI=1S/C25H30N2O4/c1-18(28)26-13-3-4-24(29)27-17-25(11-14-31-15-12-25)22-16-20(7-10-23(22)27)19-5-8-21(30-2)9-6-19/h5-10,16H,3-4,11-15,17H2,1-2H3,(H,26,28). The fourth-order valence-corrected chi connectivity index (χ4v) is 4.68. The number of methoxy groups -OCH3 is 1. The Hall–Kier alpha value is -2.86. The van der Waals surface area contributed by atoms with Gasteiger partial charge in [0.05, 0.1) is 7.11 Å². The van der Waals surface area contributed by atoms with Gasteiger partial charge in [-0.3, -0.25) is 9.59 Å². The summed E-state index contributed by atoms with van der Waals surface area (Å²) in [4.78, 5) is 26.1. The van der Waals surface area contributed by atoms with Crippen LogP contribution in [0.4, 0.5) is 5.69 Å². The summed E-state index contributed by atoms with van der Waals surface area (Å²) >= 11 is 0. The first-order valence-electron chi connectivity index (χ1n) is 10.9. The molecular formula is C25H30N2O4. The summed E-state index contributed by atoms with van der Waals surface area (Å²) in [7, 11) is 1.67. The molecule has 4 rings (SSSR count). The minimum Gasteiger partial charge on any atom is -0.497 e. The summed E-state index contributed by atoms with van der Waals surface area (Å²) < 4.78 is 10.9. The Labute approximate surface area is 183 Å². The van der Waals surface area contributed by atoms with Crippen molar-refractivity contribution in [3.63, 3.8) is 0 Å². The van der Waals surface area contributed by atoms with Crippen LogP contribution in [0.5, 0.6) is 5.75 Å². The Morgan fingerprint density at radius 2 is 1.81 bits per heavy atom. The lowest BCUT2D eigenvalue weighted by atomic mass is 9.75. The fraction of sp³-hybridized carbons (Fsp3) is 0.440. The van der Waals surface area contributed by atoms with E-state index in [4.69, 9.17) is 9.47 Å². The largest absolute Gasteiger partial charge is 0.497 e. The highest BCUT2D eigenvalue weighted by Gasteiger charge is 2.45. The molecule has 1 fully saturated rings. The molecule has 1 spiro atoms. The van der Waals surface area contributed by atoms with E-state index in [2.05, 4.69) is 35.6 Å². The molecule has 2 aromatic carbocycles. The van der Waals surface area contributed by atoms with Crippen molar-refractivity contribution in [1.29, 1.82) is 0 Å². The average molecular weight is 423 g/mol. The predicted molar refractivity (Wildman–Crippen MR) is 120 cm³/mol. The summed E-state index contributed by atoms with van der Waals surface area (Å²) in [6.45, 7) is 4.16. The van der Waals surface area contributed by atoms with E-state index < -0.39 is 0 Å². The van der Waals surface area contributed by atoms with Gasteiger partial charge in [0.25, 0.3) is 0 Å². The predicted octanol–water partition coefficient (Wildman–Crippen LogP) is 3.67. The zero-order valence-electron chi connectivity index (χ0n) is 18.3. The van der Waals surface area contributed by atoms with Crippen LogP contribution >= 0.6 is 0 Å². The quantitative estimate of drug-likeness (QED) is 0.722. The number of benzene rings is 2. The van der Waals surface area contributed by atoms with Crippen LogP contribution in [0.3, 0.4) is 0 Å². The number of rotatable bonds is 6. The Morgan fingerprint density at radius 1 is 1.10 bits per heavy atom. The van der Waals surface area contributed by atoms with Crippen molar-refractivity contribution in [3.05, 3.63) is 48.0 Å². The van der Waals surface area contributed by atoms with Gasteiger partial charge in [0.1, 0.15) is 5.75 Å². The highest BCUT2D eigenvalue weighted by atomic mass is 16.5. The summed E-state index contributed by atoms with van der Waals surface area (Å²) in [6.07, 6.45) is 2.90. The summed E-state index contributed by atoms with van der Waals surface area (Å²) in [5.74, 6) is 0.889. The smallest absolute Gasteiger partial charge is 0.227 e. The maximum absolute atomic E-state index is 13.1. The van der Waals surface area contributed by atoms with Crippen molar-refractivity contribution in [2.45, 2.75) is 38.0 Å². The van der Waals surface area contributed by atoms with E-state index in [9.17, 15) is 9.59 Å². The number of fused-ring (bicyclic) bond motifs is 2. The Morgan fingerprint density at radius 3 is 2.48 bits per heavy atom. The lowest BCUT2D eigenvalue weighted by Gasteiger charge is -2.34. The van der Waals surface area contributed by atoms with Crippen molar-refractivity contribution < 1.29 is 19.1 Å². The molecule has 0 aliphatic carbocycles. The SMILES string of the molecule is COc1ccc(-c2ccc3c(c2)C2(CCOCC2)CN3C(=O)CCCNC(C)=O)cc1. The third-order valence-corrected chi connectivity index (χ3v) is 6.44. The second-order valence-electron chi connectivity index (χ2n) is 8.42. The first-order chi connectivity index (χ1) is 15.0. The van der Waals surface area contributed by atoms with Gasteiger partial charge in [-0.2, -0.15) is 0 Å². The summed E-state index contributed by atoms with van der Waals surface area (Å²) in [5.41, 5.74) is 4.49. The van der Waals surface area contributed by atoms with Gasteiger partial charge in [0, 0.05) is 50.8 Å². The number of hydrogen-bond acceptors (Lipinski definition) is 4. The van der Waals surface area contributed by atoms with E-state index in [0.29, 0.717) is 25.9 Å². The molecule has 2 aromatic rings. The summed E-state index contributed by atoms with van der Waals surface area (Å²) in [6, 6.07) is 14.5. The fourth-order valence-electron chi connectivity index (χ4n) is 4.68. The second kappa shape index (κ2) is 9.10. The molecule has 2 heterocycles. The van der Waals surface area contributed by atoms with Gasteiger partial charge in [-0.05, 0) is 60.2 Å². The van der Waals surface area contributed by atoms with E-state index in [1.807, 2.05) is 17.0 Å². The van der Waals surface area contributed by atoms with E-state index in [-0.39, 0.29) is 17.2 Å². The van der Waals surface area contributed by atoms with Crippen LogP contribution in [0.2, 0.25) is 0 Å². The van der Waals surface area contributed by atoms with Gasteiger partial charge >= 0.3 is 0 Å². The Balaban J connectivity index is 1.61. The van der Waals surface area contributed by atoms with Gasteiger partial charge in [-0.25, -0.2) is 0 Å². The zero-order chi connectivity index (χ0) is 21.8. The van der Waals surface area contributed by atoms with Crippen LogP contribution < -0.4 is 15.0 Å². The van der Waals surface area contributed by atoms with Crippen molar-refractivity contribution >= 4 is 17.5 Å². The molecule has 0 unspecified atom stereocenters. The Kier molecular flexibility index (Phi) is 6.28. The third kappa shape index (κ3) is 4.44. The monoisotopic (exact) mass is 422 g/mol. The maximum atomic E-state index is 13.1. The lowest BCUT2D eigenvalue weighted by molar-refractivity contribution is -0.120. The molecule has 0 radical (unpaired) electrons. The topological polar surface area (TPSA) is 67.9 Å². The van der Waals surface area contributed by atoms with E-state index >= 15 is 0 Å². The maximum Gasteiger partial charge on any atom is 0.227 e. The number of anilines is 1. The summed E-state index contributed by atoms with van der Waals surface area (Å²) in [5, 5.41) is 2.77. The van der Waals surface area contributed by atoms with Gasteiger partial charge in [0.2, 0.25) is 11.8 Å². The van der Waals surface area contributed by atoms with Crippen LogP contribution in [0.15, 0.2) is 42.5 Å². The molecule has 1 N–H and O–H groups in total. The van der Waals surface area contributed by atoms with E-state index in [1.54, 1.807) is 7.11 Å². The molecule has 31 heavy (non-hydrogen) atoms. The minimum absolute atomic E-state index is 0.0522. The molecule has 6 heteroatoms. The van der Waals surface area contributed by atoms with Crippen LogP contribution in [-0.4, -0.2) is 45.2 Å². The van der Waals surface area contributed by atoms with E-state index in [1.165, 1.54) is 12.5 Å². The number of nitrogens with zero attached hydrogens (tertiary/aromatic N) is 1. The van der Waals surface area contributed by atoms with Gasteiger partial charge in [-0.1, -0.05) is 18.2 Å². The van der Waals surface area contributed by atoms with Crippen molar-refractivity contribution in [2.75, 3.05) is 38.3 Å².